The van der Waals surface area contributed by atoms with E-state index in [0.29, 0.717) is 13.1 Å². The SMILES string of the molecule is Cc1ccc(O[C@@H](C)C(=O)N2CC[NH+](Cc3ccccc3)CC2)c([N+](=O)[O-])c1. The zero-order valence-electron chi connectivity index (χ0n) is 16.3. The standard InChI is InChI=1S/C21H25N3O4/c1-16-8-9-20(19(14-16)24(26)27)28-17(2)21(25)23-12-10-22(11-13-23)15-18-6-4-3-5-7-18/h3-9,14,17H,10-13,15H2,1-2H3/p+1/t17-/m0/s1. The number of carbonyl (C=O) groups is 1. The van der Waals surface area contributed by atoms with Crippen LogP contribution in [0.4, 0.5) is 5.69 Å². The Bertz CT molecular complexity index is 833. The molecule has 1 N–H and O–H groups in total. The minimum atomic E-state index is -0.767. The fourth-order valence-corrected chi connectivity index (χ4v) is 3.47. The average molecular weight is 384 g/mol. The van der Waals surface area contributed by atoms with Gasteiger partial charge < -0.3 is 14.5 Å². The summed E-state index contributed by atoms with van der Waals surface area (Å²) in [6.07, 6.45) is -0.767. The van der Waals surface area contributed by atoms with Gasteiger partial charge in [-0.15, -0.1) is 0 Å². The minimum absolute atomic E-state index is 0.114. The topological polar surface area (TPSA) is 77.1 Å². The van der Waals surface area contributed by atoms with Gasteiger partial charge in [-0.25, -0.2) is 0 Å². The van der Waals surface area contributed by atoms with Crippen LogP contribution in [0.2, 0.25) is 0 Å². The summed E-state index contributed by atoms with van der Waals surface area (Å²) in [7, 11) is 0. The lowest BCUT2D eigenvalue weighted by molar-refractivity contribution is -0.917. The van der Waals surface area contributed by atoms with Crippen LogP contribution >= 0.6 is 0 Å². The molecule has 3 rings (SSSR count). The Balaban J connectivity index is 1.56. The summed E-state index contributed by atoms with van der Waals surface area (Å²) >= 11 is 0. The highest BCUT2D eigenvalue weighted by atomic mass is 16.6. The molecule has 1 aliphatic heterocycles. The number of piperazine rings is 1. The molecule has 0 saturated carbocycles. The smallest absolute Gasteiger partial charge is 0.311 e. The number of nitrogens with zero attached hydrogens (tertiary/aromatic N) is 2. The molecule has 7 heteroatoms. The quantitative estimate of drug-likeness (QED) is 0.606. The number of rotatable bonds is 6. The third-order valence-electron chi connectivity index (χ3n) is 5.04. The largest absolute Gasteiger partial charge is 0.474 e. The summed E-state index contributed by atoms with van der Waals surface area (Å²) in [5.74, 6) is -0.00146. The molecule has 0 bridgehead atoms. The highest BCUT2D eigenvalue weighted by molar-refractivity contribution is 5.81. The molecule has 7 nitrogen and oxygen atoms in total. The van der Waals surface area contributed by atoms with Crippen LogP contribution in [-0.2, 0) is 11.3 Å². The van der Waals surface area contributed by atoms with Crippen molar-refractivity contribution in [3.63, 3.8) is 0 Å². The Hall–Kier alpha value is -2.93. The van der Waals surface area contributed by atoms with Crippen LogP contribution in [-0.4, -0.2) is 48.0 Å². The number of hydrogen-bond acceptors (Lipinski definition) is 4. The first-order valence-electron chi connectivity index (χ1n) is 9.52. The Labute approximate surface area is 164 Å². The van der Waals surface area contributed by atoms with E-state index in [1.54, 1.807) is 30.9 Å². The van der Waals surface area contributed by atoms with Gasteiger partial charge in [0.25, 0.3) is 5.91 Å². The Morgan fingerprint density at radius 3 is 2.54 bits per heavy atom. The Morgan fingerprint density at radius 1 is 1.21 bits per heavy atom. The van der Waals surface area contributed by atoms with Crippen molar-refractivity contribution in [1.82, 2.24) is 4.90 Å². The van der Waals surface area contributed by atoms with Gasteiger partial charge in [0.15, 0.2) is 11.9 Å². The predicted molar refractivity (Wildman–Crippen MR) is 105 cm³/mol. The first kappa shape index (κ1) is 19.8. The Kier molecular flexibility index (Phi) is 6.26. The summed E-state index contributed by atoms with van der Waals surface area (Å²) in [6.45, 7) is 7.44. The number of nitro groups is 1. The van der Waals surface area contributed by atoms with Crippen LogP contribution in [0.25, 0.3) is 0 Å². The predicted octanol–water partition coefficient (Wildman–Crippen LogP) is 1.60. The van der Waals surface area contributed by atoms with Gasteiger partial charge in [0.05, 0.1) is 31.1 Å². The number of ether oxygens (including phenoxy) is 1. The molecule has 0 aliphatic carbocycles. The van der Waals surface area contributed by atoms with E-state index in [0.717, 1.165) is 25.2 Å². The molecule has 1 atom stereocenters. The van der Waals surface area contributed by atoms with Crippen LogP contribution in [0.1, 0.15) is 18.1 Å². The molecule has 1 saturated heterocycles. The summed E-state index contributed by atoms with van der Waals surface area (Å²) < 4.78 is 5.66. The molecule has 28 heavy (non-hydrogen) atoms. The number of hydrogen-bond donors (Lipinski definition) is 1. The van der Waals surface area contributed by atoms with Crippen molar-refractivity contribution in [3.05, 3.63) is 69.8 Å². The minimum Gasteiger partial charge on any atom is -0.474 e. The summed E-state index contributed by atoms with van der Waals surface area (Å²) in [5, 5.41) is 11.2. The molecule has 0 unspecified atom stereocenters. The van der Waals surface area contributed by atoms with Crippen molar-refractivity contribution in [3.8, 4) is 5.75 Å². The van der Waals surface area contributed by atoms with E-state index in [4.69, 9.17) is 4.74 Å². The first-order valence-corrected chi connectivity index (χ1v) is 9.52. The Morgan fingerprint density at radius 2 is 1.89 bits per heavy atom. The maximum atomic E-state index is 12.7. The number of amides is 1. The molecule has 148 valence electrons. The molecular weight excluding hydrogens is 358 g/mol. The van der Waals surface area contributed by atoms with Crippen LogP contribution in [0.5, 0.6) is 5.75 Å². The van der Waals surface area contributed by atoms with Gasteiger partial charge in [-0.05, 0) is 25.5 Å². The number of quaternary nitrogens is 1. The van der Waals surface area contributed by atoms with E-state index < -0.39 is 11.0 Å². The molecule has 1 aliphatic rings. The number of benzene rings is 2. The van der Waals surface area contributed by atoms with E-state index in [1.165, 1.54) is 16.5 Å². The van der Waals surface area contributed by atoms with E-state index in [2.05, 4.69) is 12.1 Å². The summed E-state index contributed by atoms with van der Waals surface area (Å²) in [5.41, 5.74) is 1.95. The third-order valence-corrected chi connectivity index (χ3v) is 5.04. The van der Waals surface area contributed by atoms with Gasteiger partial charge >= 0.3 is 5.69 Å². The number of nitrogens with one attached hydrogen (secondary N) is 1. The second-order valence-corrected chi connectivity index (χ2v) is 7.23. The molecule has 1 fully saturated rings. The van der Waals surface area contributed by atoms with Crippen LogP contribution < -0.4 is 9.64 Å². The maximum Gasteiger partial charge on any atom is 0.311 e. The highest BCUT2D eigenvalue weighted by Gasteiger charge is 2.29. The van der Waals surface area contributed by atoms with E-state index in [1.807, 2.05) is 18.2 Å². The monoisotopic (exact) mass is 384 g/mol. The zero-order chi connectivity index (χ0) is 20.1. The maximum absolute atomic E-state index is 12.7. The lowest BCUT2D eigenvalue weighted by atomic mass is 10.2. The second-order valence-electron chi connectivity index (χ2n) is 7.23. The molecule has 2 aromatic rings. The van der Waals surface area contributed by atoms with Gasteiger partial charge in [0.1, 0.15) is 6.54 Å². The number of nitro benzene ring substituents is 1. The van der Waals surface area contributed by atoms with Gasteiger partial charge in [0, 0.05) is 11.6 Å². The number of aryl methyl sites for hydroxylation is 1. The molecule has 1 amide bonds. The molecule has 1 heterocycles. The number of carbonyl (C=O) groups excluding carboxylic acids is 1. The van der Waals surface area contributed by atoms with Crippen molar-refractivity contribution in [2.24, 2.45) is 0 Å². The van der Waals surface area contributed by atoms with Crippen LogP contribution in [0, 0.1) is 17.0 Å². The molecule has 0 aromatic heterocycles. The van der Waals surface area contributed by atoms with E-state index in [-0.39, 0.29) is 17.3 Å². The van der Waals surface area contributed by atoms with E-state index in [9.17, 15) is 14.9 Å². The third kappa shape index (κ3) is 4.86. The summed E-state index contributed by atoms with van der Waals surface area (Å²) in [4.78, 5) is 26.7. The normalized spacial score (nSPS) is 15.9. The van der Waals surface area contributed by atoms with Gasteiger partial charge in [-0.2, -0.15) is 0 Å². The molecular formula is C21H26N3O4+. The first-order chi connectivity index (χ1) is 13.4. The fraction of sp³-hybridized carbons (Fsp3) is 0.381. The van der Waals surface area contributed by atoms with Crippen LogP contribution in [0.3, 0.4) is 0 Å². The van der Waals surface area contributed by atoms with Crippen molar-refractivity contribution in [2.75, 3.05) is 26.2 Å². The molecule has 2 aromatic carbocycles. The average Bonchev–Trinajstić information content (AvgIpc) is 2.70. The lowest BCUT2D eigenvalue weighted by Gasteiger charge is -2.33. The van der Waals surface area contributed by atoms with Gasteiger partial charge in [-0.1, -0.05) is 36.4 Å². The van der Waals surface area contributed by atoms with Crippen molar-refractivity contribution < 1.29 is 19.4 Å². The zero-order valence-corrected chi connectivity index (χ0v) is 16.3. The molecule has 0 radical (unpaired) electrons. The van der Waals surface area contributed by atoms with Crippen molar-refractivity contribution in [2.45, 2.75) is 26.5 Å². The highest BCUT2D eigenvalue weighted by Crippen LogP contribution is 2.28. The van der Waals surface area contributed by atoms with Gasteiger partial charge in [0.2, 0.25) is 0 Å². The fourth-order valence-electron chi connectivity index (χ4n) is 3.47. The van der Waals surface area contributed by atoms with Crippen LogP contribution in [0.15, 0.2) is 48.5 Å². The van der Waals surface area contributed by atoms with Crippen molar-refractivity contribution in [1.29, 1.82) is 0 Å². The molecule has 0 spiro atoms. The summed E-state index contributed by atoms with van der Waals surface area (Å²) in [6, 6.07) is 15.1. The van der Waals surface area contributed by atoms with Crippen molar-refractivity contribution >= 4 is 11.6 Å². The van der Waals surface area contributed by atoms with Gasteiger partial charge in [-0.3, -0.25) is 14.9 Å². The second kappa shape index (κ2) is 8.84. The van der Waals surface area contributed by atoms with E-state index >= 15 is 0 Å². The lowest BCUT2D eigenvalue weighted by Crippen LogP contribution is -3.13.